The third kappa shape index (κ3) is 2.74. The molecule has 4 heteroatoms. The zero-order valence-corrected chi connectivity index (χ0v) is 11.7. The Morgan fingerprint density at radius 2 is 2.31 bits per heavy atom. The Labute approximate surface area is 105 Å². The number of aromatic nitrogens is 2. The fourth-order valence-electron chi connectivity index (χ4n) is 1.74. The highest BCUT2D eigenvalue weighted by molar-refractivity contribution is 9.10. The lowest BCUT2D eigenvalue weighted by Crippen LogP contribution is -2.26. The van der Waals surface area contributed by atoms with Crippen LogP contribution in [0.5, 0.6) is 0 Å². The van der Waals surface area contributed by atoms with Gasteiger partial charge in [-0.3, -0.25) is 4.68 Å². The number of aliphatic hydroxyl groups is 1. The second-order valence-corrected chi connectivity index (χ2v) is 5.33. The molecule has 0 spiro atoms. The maximum atomic E-state index is 10.5. The van der Waals surface area contributed by atoms with Gasteiger partial charge in [0.1, 0.15) is 5.60 Å². The van der Waals surface area contributed by atoms with E-state index in [0.717, 1.165) is 16.6 Å². The molecule has 1 heterocycles. The van der Waals surface area contributed by atoms with Crippen LogP contribution in [0.1, 0.15) is 45.3 Å². The molecule has 0 aromatic carbocycles. The van der Waals surface area contributed by atoms with E-state index in [-0.39, 0.29) is 6.04 Å². The van der Waals surface area contributed by atoms with Crippen molar-refractivity contribution in [2.75, 3.05) is 0 Å². The van der Waals surface area contributed by atoms with Gasteiger partial charge in [-0.1, -0.05) is 6.08 Å². The highest BCUT2D eigenvalue weighted by Gasteiger charge is 2.30. The number of nitrogens with zero attached hydrogens (tertiary/aromatic N) is 2. The summed E-state index contributed by atoms with van der Waals surface area (Å²) in [5.74, 6) is 0. The number of hydrogen-bond acceptors (Lipinski definition) is 2. The van der Waals surface area contributed by atoms with Crippen molar-refractivity contribution in [1.29, 1.82) is 0 Å². The summed E-state index contributed by atoms with van der Waals surface area (Å²) in [7, 11) is 0. The molecular weight excluding hydrogens is 268 g/mol. The van der Waals surface area contributed by atoms with Crippen LogP contribution in [0.3, 0.4) is 0 Å². The van der Waals surface area contributed by atoms with Crippen LogP contribution in [0, 0.1) is 0 Å². The molecule has 90 valence electrons. The smallest absolute Gasteiger partial charge is 0.105 e. The molecule has 0 fully saturated rings. The molecule has 1 unspecified atom stereocenters. The fraction of sp³-hybridized carbons (Fsp3) is 0.583. The molecule has 16 heavy (non-hydrogen) atoms. The minimum Gasteiger partial charge on any atom is -0.384 e. The first-order valence-corrected chi connectivity index (χ1v) is 6.26. The van der Waals surface area contributed by atoms with Crippen LogP contribution in [-0.4, -0.2) is 14.9 Å². The van der Waals surface area contributed by atoms with E-state index in [4.69, 9.17) is 0 Å². The van der Waals surface area contributed by atoms with E-state index in [1.807, 2.05) is 31.5 Å². The van der Waals surface area contributed by atoms with Crippen molar-refractivity contribution in [2.24, 2.45) is 0 Å². The average molecular weight is 287 g/mol. The van der Waals surface area contributed by atoms with E-state index in [9.17, 15) is 5.11 Å². The van der Waals surface area contributed by atoms with Crippen LogP contribution in [-0.2, 0) is 5.60 Å². The Kier molecular flexibility index (Phi) is 4.33. The Hall–Kier alpha value is -0.610. The van der Waals surface area contributed by atoms with Gasteiger partial charge in [-0.2, -0.15) is 5.10 Å². The molecular formula is C12H19BrN2O. The van der Waals surface area contributed by atoms with Crippen molar-refractivity contribution in [3.05, 3.63) is 29.0 Å². The van der Waals surface area contributed by atoms with Gasteiger partial charge < -0.3 is 5.11 Å². The number of halogens is 1. The SMILES string of the molecule is C=CCCC(C)(O)c1c(Br)cnn1C(C)C. The van der Waals surface area contributed by atoms with Gasteiger partial charge in [0.2, 0.25) is 0 Å². The molecule has 0 aliphatic rings. The highest BCUT2D eigenvalue weighted by atomic mass is 79.9. The predicted octanol–water partition coefficient (Wildman–Crippen LogP) is 3.40. The third-order valence-electron chi connectivity index (χ3n) is 2.59. The van der Waals surface area contributed by atoms with Gasteiger partial charge in [0, 0.05) is 6.04 Å². The first-order valence-electron chi connectivity index (χ1n) is 5.47. The Balaban J connectivity index is 3.09. The van der Waals surface area contributed by atoms with Gasteiger partial charge in [0.15, 0.2) is 0 Å². The van der Waals surface area contributed by atoms with Crippen LogP contribution in [0.2, 0.25) is 0 Å². The number of allylic oxidation sites excluding steroid dienone is 1. The molecule has 0 bridgehead atoms. The van der Waals surface area contributed by atoms with Crippen molar-refractivity contribution in [3.63, 3.8) is 0 Å². The van der Waals surface area contributed by atoms with E-state index < -0.39 is 5.60 Å². The second kappa shape index (κ2) is 5.15. The monoisotopic (exact) mass is 286 g/mol. The molecule has 1 aromatic heterocycles. The van der Waals surface area contributed by atoms with E-state index in [1.54, 1.807) is 6.20 Å². The molecule has 3 nitrogen and oxygen atoms in total. The zero-order chi connectivity index (χ0) is 12.3. The minimum atomic E-state index is -0.881. The maximum Gasteiger partial charge on any atom is 0.105 e. The topological polar surface area (TPSA) is 38.1 Å². The van der Waals surface area contributed by atoms with Crippen molar-refractivity contribution < 1.29 is 5.11 Å². The molecule has 0 saturated carbocycles. The van der Waals surface area contributed by atoms with Gasteiger partial charge in [-0.25, -0.2) is 0 Å². The molecule has 1 rings (SSSR count). The van der Waals surface area contributed by atoms with Crippen LogP contribution in [0.4, 0.5) is 0 Å². The molecule has 0 aliphatic carbocycles. The van der Waals surface area contributed by atoms with Gasteiger partial charge in [0.05, 0.1) is 16.4 Å². The standard InChI is InChI=1S/C12H19BrN2O/c1-5-6-7-12(4,16)11-10(13)8-14-15(11)9(2)3/h5,8-9,16H,1,6-7H2,2-4H3. The average Bonchev–Trinajstić information content (AvgIpc) is 2.58. The second-order valence-electron chi connectivity index (χ2n) is 4.48. The lowest BCUT2D eigenvalue weighted by molar-refractivity contribution is 0.0374. The summed E-state index contributed by atoms with van der Waals surface area (Å²) in [6.45, 7) is 9.59. The van der Waals surface area contributed by atoms with Crippen molar-refractivity contribution >= 4 is 15.9 Å². The zero-order valence-electron chi connectivity index (χ0n) is 10.1. The Bertz CT molecular complexity index is 369. The highest BCUT2D eigenvalue weighted by Crippen LogP contribution is 2.33. The molecule has 1 aromatic rings. The summed E-state index contributed by atoms with van der Waals surface area (Å²) in [6.07, 6.45) is 4.98. The summed E-state index contributed by atoms with van der Waals surface area (Å²) >= 11 is 3.44. The van der Waals surface area contributed by atoms with Crippen molar-refractivity contribution in [2.45, 2.75) is 45.3 Å². The summed E-state index contributed by atoms with van der Waals surface area (Å²) in [4.78, 5) is 0. The lowest BCUT2D eigenvalue weighted by atomic mass is 9.96. The third-order valence-corrected chi connectivity index (χ3v) is 3.17. The Morgan fingerprint density at radius 3 is 2.81 bits per heavy atom. The van der Waals surface area contributed by atoms with Crippen LogP contribution in [0.15, 0.2) is 23.3 Å². The van der Waals surface area contributed by atoms with Gasteiger partial charge >= 0.3 is 0 Å². The fourth-order valence-corrected chi connectivity index (χ4v) is 2.44. The van der Waals surface area contributed by atoms with Crippen LogP contribution in [0.25, 0.3) is 0 Å². The summed E-state index contributed by atoms with van der Waals surface area (Å²) < 4.78 is 2.71. The summed E-state index contributed by atoms with van der Waals surface area (Å²) in [5, 5.41) is 14.8. The molecule has 0 amide bonds. The van der Waals surface area contributed by atoms with E-state index >= 15 is 0 Å². The maximum absolute atomic E-state index is 10.5. The van der Waals surface area contributed by atoms with E-state index in [0.29, 0.717) is 6.42 Å². The minimum absolute atomic E-state index is 0.233. The Morgan fingerprint density at radius 1 is 1.69 bits per heavy atom. The summed E-state index contributed by atoms with van der Waals surface area (Å²) in [6, 6.07) is 0.233. The first kappa shape index (κ1) is 13.5. The lowest BCUT2D eigenvalue weighted by Gasteiger charge is -2.26. The number of hydrogen-bond donors (Lipinski definition) is 1. The van der Waals surface area contributed by atoms with Crippen LogP contribution < -0.4 is 0 Å². The van der Waals surface area contributed by atoms with Gasteiger partial charge in [-0.05, 0) is 49.5 Å². The van der Waals surface area contributed by atoms with Crippen molar-refractivity contribution in [3.8, 4) is 0 Å². The van der Waals surface area contributed by atoms with Gasteiger partial charge in [0.25, 0.3) is 0 Å². The first-order chi connectivity index (χ1) is 7.40. The molecule has 0 radical (unpaired) electrons. The molecule has 0 aliphatic heterocycles. The normalized spacial score (nSPS) is 15.1. The largest absolute Gasteiger partial charge is 0.384 e. The quantitative estimate of drug-likeness (QED) is 0.843. The molecule has 0 saturated heterocycles. The molecule has 1 atom stereocenters. The summed E-state index contributed by atoms with van der Waals surface area (Å²) in [5.41, 5.74) is -0.0438. The van der Waals surface area contributed by atoms with E-state index in [1.165, 1.54) is 0 Å². The van der Waals surface area contributed by atoms with Gasteiger partial charge in [-0.15, -0.1) is 6.58 Å². The number of rotatable bonds is 5. The van der Waals surface area contributed by atoms with Crippen LogP contribution >= 0.6 is 15.9 Å². The van der Waals surface area contributed by atoms with Crippen molar-refractivity contribution in [1.82, 2.24) is 9.78 Å². The van der Waals surface area contributed by atoms with E-state index in [2.05, 4.69) is 27.6 Å². The molecule has 1 N–H and O–H groups in total. The predicted molar refractivity (Wildman–Crippen MR) is 69.3 cm³/mol.